The van der Waals surface area contributed by atoms with Crippen LogP contribution in [-0.2, 0) is 6.42 Å². The number of para-hydroxylation sites is 1. The normalized spacial score (nSPS) is 10.7. The van der Waals surface area contributed by atoms with Gasteiger partial charge in [-0.15, -0.1) is 11.3 Å². The Labute approximate surface area is 131 Å². The van der Waals surface area contributed by atoms with Gasteiger partial charge in [-0.25, -0.2) is 4.98 Å². The predicted molar refractivity (Wildman–Crippen MR) is 87.1 cm³/mol. The number of carbonyl (C=O) groups excluding carboxylic acids is 1. The summed E-state index contributed by atoms with van der Waals surface area (Å²) in [6.45, 7) is 0.589. The maximum atomic E-state index is 12.1. The molecular formula is C16H13ClN2OS. The van der Waals surface area contributed by atoms with E-state index in [0.717, 1.165) is 17.3 Å². The molecule has 1 aromatic carbocycles. The molecular weight excluding hydrogens is 304 g/mol. The lowest BCUT2D eigenvalue weighted by Gasteiger charge is -2.06. The summed E-state index contributed by atoms with van der Waals surface area (Å²) in [5, 5.41) is 6.31. The summed E-state index contributed by atoms with van der Waals surface area (Å²) in [5.74, 6) is -0.195. The zero-order valence-electron chi connectivity index (χ0n) is 11.2. The van der Waals surface area contributed by atoms with Crippen LogP contribution in [0, 0.1) is 0 Å². The highest BCUT2D eigenvalue weighted by Crippen LogP contribution is 2.22. The average Bonchev–Trinajstić information content (AvgIpc) is 3.00. The Hall–Kier alpha value is -1.91. The third-order valence-electron chi connectivity index (χ3n) is 3.14. The van der Waals surface area contributed by atoms with Gasteiger partial charge in [-0.2, -0.15) is 0 Å². The third-order valence-corrected chi connectivity index (χ3v) is 4.38. The smallest absolute Gasteiger partial charge is 0.269 e. The van der Waals surface area contributed by atoms with Crippen LogP contribution in [-0.4, -0.2) is 17.4 Å². The van der Waals surface area contributed by atoms with Crippen LogP contribution in [0.25, 0.3) is 10.9 Å². The molecule has 0 saturated heterocycles. The molecule has 106 valence electrons. The second-order valence-corrected chi connectivity index (χ2v) is 6.03. The van der Waals surface area contributed by atoms with Crippen LogP contribution in [0.4, 0.5) is 0 Å². The molecule has 2 aromatic heterocycles. The highest BCUT2D eigenvalue weighted by molar-refractivity contribution is 7.09. The molecule has 5 heteroatoms. The summed E-state index contributed by atoms with van der Waals surface area (Å²) in [4.78, 5) is 17.7. The largest absolute Gasteiger partial charge is 0.350 e. The number of benzene rings is 1. The Morgan fingerprint density at radius 1 is 1.24 bits per heavy atom. The van der Waals surface area contributed by atoms with Gasteiger partial charge in [-0.1, -0.05) is 35.9 Å². The van der Waals surface area contributed by atoms with Crippen molar-refractivity contribution in [3.05, 3.63) is 63.4 Å². The molecule has 0 atom stereocenters. The quantitative estimate of drug-likeness (QED) is 0.792. The molecule has 0 radical (unpaired) electrons. The van der Waals surface area contributed by atoms with Crippen LogP contribution in [0.2, 0.25) is 5.02 Å². The van der Waals surface area contributed by atoms with Crippen molar-refractivity contribution in [2.75, 3.05) is 6.54 Å². The van der Waals surface area contributed by atoms with Crippen molar-refractivity contribution in [2.24, 2.45) is 0 Å². The molecule has 3 nitrogen and oxygen atoms in total. The van der Waals surface area contributed by atoms with Gasteiger partial charge in [-0.05, 0) is 30.0 Å². The van der Waals surface area contributed by atoms with E-state index < -0.39 is 0 Å². The van der Waals surface area contributed by atoms with E-state index in [1.165, 1.54) is 4.88 Å². The first-order valence-corrected chi connectivity index (χ1v) is 7.85. The SMILES string of the molecule is O=C(NCCc1cccs1)c1cc(Cl)c2ccccc2n1. The van der Waals surface area contributed by atoms with Crippen molar-refractivity contribution >= 4 is 39.7 Å². The van der Waals surface area contributed by atoms with Crippen molar-refractivity contribution in [1.29, 1.82) is 0 Å². The van der Waals surface area contributed by atoms with Gasteiger partial charge in [-0.3, -0.25) is 4.79 Å². The molecule has 0 aliphatic heterocycles. The fraction of sp³-hybridized carbons (Fsp3) is 0.125. The second kappa shape index (κ2) is 6.24. The maximum absolute atomic E-state index is 12.1. The van der Waals surface area contributed by atoms with E-state index >= 15 is 0 Å². The fourth-order valence-electron chi connectivity index (χ4n) is 2.09. The zero-order chi connectivity index (χ0) is 14.7. The van der Waals surface area contributed by atoms with Crippen molar-refractivity contribution in [2.45, 2.75) is 6.42 Å². The lowest BCUT2D eigenvalue weighted by molar-refractivity contribution is 0.0949. The second-order valence-electron chi connectivity index (χ2n) is 4.59. The standard InChI is InChI=1S/C16H13ClN2OS/c17-13-10-15(19-14-6-2-1-5-12(13)14)16(20)18-8-7-11-4-3-9-21-11/h1-6,9-10H,7-8H2,(H,18,20). The van der Waals surface area contributed by atoms with E-state index in [9.17, 15) is 4.79 Å². The van der Waals surface area contributed by atoms with Gasteiger partial charge >= 0.3 is 0 Å². The van der Waals surface area contributed by atoms with E-state index in [-0.39, 0.29) is 5.91 Å². The summed E-state index contributed by atoms with van der Waals surface area (Å²) in [5.41, 5.74) is 1.08. The number of pyridine rings is 1. The molecule has 3 aromatic rings. The third kappa shape index (κ3) is 3.23. The molecule has 1 N–H and O–H groups in total. The van der Waals surface area contributed by atoms with Crippen LogP contribution in [0.15, 0.2) is 47.8 Å². The lowest BCUT2D eigenvalue weighted by atomic mass is 10.2. The van der Waals surface area contributed by atoms with Gasteiger partial charge in [0.1, 0.15) is 5.69 Å². The number of amides is 1. The van der Waals surface area contributed by atoms with Gasteiger partial charge in [0.2, 0.25) is 0 Å². The molecule has 21 heavy (non-hydrogen) atoms. The number of rotatable bonds is 4. The molecule has 0 aliphatic carbocycles. The minimum atomic E-state index is -0.195. The van der Waals surface area contributed by atoms with E-state index in [2.05, 4.69) is 16.4 Å². The van der Waals surface area contributed by atoms with Gasteiger partial charge in [0, 0.05) is 16.8 Å². The minimum absolute atomic E-state index is 0.195. The Kier molecular flexibility index (Phi) is 4.18. The first-order chi connectivity index (χ1) is 10.2. The Morgan fingerprint density at radius 3 is 2.90 bits per heavy atom. The Morgan fingerprint density at radius 2 is 2.10 bits per heavy atom. The van der Waals surface area contributed by atoms with Crippen LogP contribution < -0.4 is 5.32 Å². The van der Waals surface area contributed by atoms with Gasteiger partial charge in [0.05, 0.1) is 10.5 Å². The molecule has 0 bridgehead atoms. The molecule has 3 rings (SSSR count). The minimum Gasteiger partial charge on any atom is -0.350 e. The van der Waals surface area contributed by atoms with Gasteiger partial charge in [0.15, 0.2) is 0 Å². The Balaban J connectivity index is 1.72. The number of halogens is 1. The van der Waals surface area contributed by atoms with Gasteiger partial charge < -0.3 is 5.32 Å². The summed E-state index contributed by atoms with van der Waals surface area (Å²) >= 11 is 7.89. The lowest BCUT2D eigenvalue weighted by Crippen LogP contribution is -2.26. The number of fused-ring (bicyclic) bond motifs is 1. The first-order valence-electron chi connectivity index (χ1n) is 6.60. The number of hydrogen-bond acceptors (Lipinski definition) is 3. The molecule has 0 spiro atoms. The number of nitrogens with zero attached hydrogens (tertiary/aromatic N) is 1. The molecule has 0 fully saturated rings. The summed E-state index contributed by atoms with van der Waals surface area (Å²) in [7, 11) is 0. The van der Waals surface area contributed by atoms with Crippen molar-refractivity contribution < 1.29 is 4.79 Å². The topological polar surface area (TPSA) is 42.0 Å². The highest BCUT2D eigenvalue weighted by atomic mass is 35.5. The van der Waals surface area contributed by atoms with Gasteiger partial charge in [0.25, 0.3) is 5.91 Å². The zero-order valence-corrected chi connectivity index (χ0v) is 12.7. The maximum Gasteiger partial charge on any atom is 0.269 e. The number of hydrogen-bond donors (Lipinski definition) is 1. The Bertz CT molecular complexity index is 771. The van der Waals surface area contributed by atoms with Crippen LogP contribution in [0.1, 0.15) is 15.4 Å². The number of thiophene rings is 1. The molecule has 0 saturated carbocycles. The predicted octanol–water partition coefficient (Wildman–Crippen LogP) is 3.92. The summed E-state index contributed by atoms with van der Waals surface area (Å²) in [6.07, 6.45) is 0.824. The summed E-state index contributed by atoms with van der Waals surface area (Å²) in [6, 6.07) is 13.2. The van der Waals surface area contributed by atoms with E-state index in [4.69, 9.17) is 11.6 Å². The van der Waals surface area contributed by atoms with Crippen molar-refractivity contribution in [3.8, 4) is 0 Å². The number of aromatic nitrogens is 1. The number of nitrogens with one attached hydrogen (secondary N) is 1. The average molecular weight is 317 g/mol. The van der Waals surface area contributed by atoms with Crippen LogP contribution in [0.5, 0.6) is 0 Å². The van der Waals surface area contributed by atoms with E-state index in [0.29, 0.717) is 17.3 Å². The highest BCUT2D eigenvalue weighted by Gasteiger charge is 2.10. The van der Waals surface area contributed by atoms with Crippen LogP contribution >= 0.6 is 22.9 Å². The fourth-order valence-corrected chi connectivity index (χ4v) is 3.07. The first kappa shape index (κ1) is 14.0. The van der Waals surface area contributed by atoms with Crippen molar-refractivity contribution in [1.82, 2.24) is 10.3 Å². The van der Waals surface area contributed by atoms with E-state index in [1.807, 2.05) is 35.7 Å². The number of carbonyl (C=O) groups is 1. The summed E-state index contributed by atoms with van der Waals surface area (Å²) < 4.78 is 0. The monoisotopic (exact) mass is 316 g/mol. The van der Waals surface area contributed by atoms with E-state index in [1.54, 1.807) is 17.4 Å². The van der Waals surface area contributed by atoms with Crippen molar-refractivity contribution in [3.63, 3.8) is 0 Å². The molecule has 2 heterocycles. The molecule has 1 amide bonds. The molecule has 0 aliphatic rings. The molecule has 0 unspecified atom stereocenters. The van der Waals surface area contributed by atoms with Crippen LogP contribution in [0.3, 0.4) is 0 Å².